The largest absolute Gasteiger partial charge is 0.314 e. The first kappa shape index (κ1) is 13.7. The minimum atomic E-state index is -3.83. The maximum atomic E-state index is 13.7. The Morgan fingerprint density at radius 2 is 2.22 bits per heavy atom. The first-order chi connectivity index (χ1) is 8.43. The Hall–Kier alpha value is -0.690. The van der Waals surface area contributed by atoms with Crippen LogP contribution in [0.3, 0.4) is 0 Å². The van der Waals surface area contributed by atoms with Gasteiger partial charge in [0, 0.05) is 30.7 Å². The average molecular weight is 293 g/mol. The molecule has 0 bridgehead atoms. The van der Waals surface area contributed by atoms with E-state index in [0.717, 1.165) is 12.1 Å². The molecule has 1 aliphatic heterocycles. The number of hydrogen-bond donors (Lipinski definition) is 1. The van der Waals surface area contributed by atoms with Crippen molar-refractivity contribution in [1.29, 1.82) is 0 Å². The molecule has 0 spiro atoms. The standard InChI is InChI=1S/C11H14ClFN2O2S/c1-8-7-14-4-5-15(8)18(16,17)11-6-9(12)2-3-10(11)13/h2-3,6,8,14H,4-5,7H2,1H3/t8-/m0/s1. The summed E-state index contributed by atoms with van der Waals surface area (Å²) in [4.78, 5) is -0.358. The zero-order chi connectivity index (χ0) is 13.3. The number of benzene rings is 1. The molecule has 1 N–H and O–H groups in total. The second-order valence-electron chi connectivity index (χ2n) is 4.24. The summed E-state index contributed by atoms with van der Waals surface area (Å²) in [7, 11) is -3.83. The van der Waals surface area contributed by atoms with Gasteiger partial charge in [-0.3, -0.25) is 0 Å². The quantitative estimate of drug-likeness (QED) is 0.898. The summed E-state index contributed by atoms with van der Waals surface area (Å²) in [6.45, 7) is 3.23. The van der Waals surface area contributed by atoms with E-state index < -0.39 is 15.8 Å². The number of piperazine rings is 1. The molecule has 1 aromatic rings. The molecule has 1 saturated heterocycles. The summed E-state index contributed by atoms with van der Waals surface area (Å²) in [6, 6.07) is 3.35. The molecule has 2 rings (SSSR count). The molecule has 0 aromatic heterocycles. The number of sulfonamides is 1. The second kappa shape index (κ2) is 5.13. The Labute approximate surface area is 111 Å². The van der Waals surface area contributed by atoms with E-state index in [1.54, 1.807) is 6.92 Å². The Morgan fingerprint density at radius 1 is 1.50 bits per heavy atom. The van der Waals surface area contributed by atoms with Gasteiger partial charge < -0.3 is 5.32 Å². The van der Waals surface area contributed by atoms with E-state index in [1.807, 2.05) is 0 Å². The predicted octanol–water partition coefficient (Wildman–Crippen LogP) is 1.46. The van der Waals surface area contributed by atoms with Crippen molar-refractivity contribution in [3.63, 3.8) is 0 Å². The third-order valence-electron chi connectivity index (χ3n) is 2.92. The first-order valence-corrected chi connectivity index (χ1v) is 7.42. The van der Waals surface area contributed by atoms with Crippen molar-refractivity contribution in [2.45, 2.75) is 17.9 Å². The highest BCUT2D eigenvalue weighted by atomic mass is 35.5. The Bertz CT molecular complexity index is 550. The molecule has 1 fully saturated rings. The van der Waals surface area contributed by atoms with Crippen molar-refractivity contribution in [1.82, 2.24) is 9.62 Å². The zero-order valence-corrected chi connectivity index (χ0v) is 11.4. The molecule has 1 atom stereocenters. The van der Waals surface area contributed by atoms with Crippen LogP contribution in [0.2, 0.25) is 5.02 Å². The van der Waals surface area contributed by atoms with Gasteiger partial charge in [-0.2, -0.15) is 4.31 Å². The van der Waals surface area contributed by atoms with Gasteiger partial charge >= 0.3 is 0 Å². The zero-order valence-electron chi connectivity index (χ0n) is 9.86. The molecule has 0 aliphatic carbocycles. The molecular formula is C11H14ClFN2O2S. The number of nitrogens with one attached hydrogen (secondary N) is 1. The molecule has 4 nitrogen and oxygen atoms in total. The lowest BCUT2D eigenvalue weighted by Gasteiger charge is -2.32. The topological polar surface area (TPSA) is 49.4 Å². The van der Waals surface area contributed by atoms with Gasteiger partial charge in [-0.15, -0.1) is 0 Å². The van der Waals surface area contributed by atoms with Gasteiger partial charge in [0.15, 0.2) is 0 Å². The van der Waals surface area contributed by atoms with Crippen molar-refractivity contribution in [3.05, 3.63) is 29.0 Å². The molecule has 0 saturated carbocycles. The lowest BCUT2D eigenvalue weighted by molar-refractivity contribution is 0.283. The maximum Gasteiger partial charge on any atom is 0.246 e. The van der Waals surface area contributed by atoms with Crippen molar-refractivity contribution < 1.29 is 12.8 Å². The van der Waals surface area contributed by atoms with Crippen LogP contribution in [0.25, 0.3) is 0 Å². The van der Waals surface area contributed by atoms with Crippen LogP contribution in [0.5, 0.6) is 0 Å². The van der Waals surface area contributed by atoms with Gasteiger partial charge in [0.05, 0.1) is 0 Å². The van der Waals surface area contributed by atoms with Gasteiger partial charge in [-0.1, -0.05) is 11.6 Å². The van der Waals surface area contributed by atoms with Crippen LogP contribution in [0.4, 0.5) is 4.39 Å². The summed E-state index contributed by atoms with van der Waals surface area (Å²) in [6.07, 6.45) is 0. The summed E-state index contributed by atoms with van der Waals surface area (Å²) in [5.74, 6) is -0.773. The van der Waals surface area contributed by atoms with Crippen molar-refractivity contribution in [2.24, 2.45) is 0 Å². The Morgan fingerprint density at radius 3 is 2.89 bits per heavy atom. The van der Waals surface area contributed by atoms with E-state index in [9.17, 15) is 12.8 Å². The van der Waals surface area contributed by atoms with Crippen LogP contribution in [0, 0.1) is 5.82 Å². The summed E-state index contributed by atoms with van der Waals surface area (Å²) >= 11 is 5.74. The second-order valence-corrected chi connectivity index (χ2v) is 6.54. The molecule has 18 heavy (non-hydrogen) atoms. The molecule has 0 amide bonds. The molecule has 1 heterocycles. The van der Waals surface area contributed by atoms with Crippen LogP contribution in [0.1, 0.15) is 6.92 Å². The predicted molar refractivity (Wildman–Crippen MR) is 67.6 cm³/mol. The number of nitrogens with zero attached hydrogens (tertiary/aromatic N) is 1. The van der Waals surface area contributed by atoms with E-state index in [2.05, 4.69) is 5.32 Å². The lowest BCUT2D eigenvalue weighted by atomic mass is 10.3. The third kappa shape index (κ3) is 2.51. The van der Waals surface area contributed by atoms with E-state index in [1.165, 1.54) is 10.4 Å². The van der Waals surface area contributed by atoms with E-state index in [0.29, 0.717) is 19.6 Å². The molecule has 100 valence electrons. The summed E-state index contributed by atoms with van der Waals surface area (Å²) in [5.41, 5.74) is 0. The van der Waals surface area contributed by atoms with E-state index in [4.69, 9.17) is 11.6 Å². The van der Waals surface area contributed by atoms with Crippen LogP contribution in [-0.2, 0) is 10.0 Å². The number of rotatable bonds is 2. The first-order valence-electron chi connectivity index (χ1n) is 5.60. The average Bonchev–Trinajstić information content (AvgIpc) is 2.32. The van der Waals surface area contributed by atoms with E-state index >= 15 is 0 Å². The maximum absolute atomic E-state index is 13.7. The normalized spacial score (nSPS) is 22.1. The molecule has 0 unspecified atom stereocenters. The fourth-order valence-corrected chi connectivity index (χ4v) is 3.94. The Balaban J connectivity index is 2.44. The van der Waals surface area contributed by atoms with Gasteiger partial charge in [-0.25, -0.2) is 12.8 Å². The fourth-order valence-electron chi connectivity index (χ4n) is 1.98. The minimum absolute atomic E-state index is 0.206. The third-order valence-corrected chi connectivity index (χ3v) is 5.18. The van der Waals surface area contributed by atoms with Gasteiger partial charge in [-0.05, 0) is 25.1 Å². The summed E-state index contributed by atoms with van der Waals surface area (Å²) < 4.78 is 39.7. The van der Waals surface area contributed by atoms with Crippen molar-refractivity contribution in [2.75, 3.05) is 19.6 Å². The highest BCUT2D eigenvalue weighted by molar-refractivity contribution is 7.89. The van der Waals surface area contributed by atoms with Gasteiger partial charge in [0.2, 0.25) is 10.0 Å². The molecular weight excluding hydrogens is 279 g/mol. The summed E-state index contributed by atoms with van der Waals surface area (Å²) in [5, 5.41) is 3.29. The van der Waals surface area contributed by atoms with Crippen LogP contribution in [-0.4, -0.2) is 38.4 Å². The monoisotopic (exact) mass is 292 g/mol. The van der Waals surface area contributed by atoms with Crippen LogP contribution < -0.4 is 5.32 Å². The van der Waals surface area contributed by atoms with Crippen molar-refractivity contribution in [3.8, 4) is 0 Å². The van der Waals surface area contributed by atoms with Gasteiger partial charge in [0.1, 0.15) is 10.7 Å². The minimum Gasteiger partial charge on any atom is -0.314 e. The highest BCUT2D eigenvalue weighted by Crippen LogP contribution is 2.24. The highest BCUT2D eigenvalue weighted by Gasteiger charge is 2.32. The molecule has 1 aromatic carbocycles. The lowest BCUT2D eigenvalue weighted by Crippen LogP contribution is -2.52. The SMILES string of the molecule is C[C@H]1CNCCN1S(=O)(=O)c1cc(Cl)ccc1F. The van der Waals surface area contributed by atoms with Crippen LogP contribution >= 0.6 is 11.6 Å². The fraction of sp³-hybridized carbons (Fsp3) is 0.455. The van der Waals surface area contributed by atoms with E-state index in [-0.39, 0.29) is 16.0 Å². The number of halogens is 2. The van der Waals surface area contributed by atoms with Crippen molar-refractivity contribution >= 4 is 21.6 Å². The Kier molecular flexibility index (Phi) is 3.91. The molecule has 1 aliphatic rings. The molecule has 7 heteroatoms. The number of hydrogen-bond acceptors (Lipinski definition) is 3. The van der Waals surface area contributed by atoms with Gasteiger partial charge in [0.25, 0.3) is 0 Å². The molecule has 0 radical (unpaired) electrons. The van der Waals surface area contributed by atoms with Crippen LogP contribution in [0.15, 0.2) is 23.1 Å². The smallest absolute Gasteiger partial charge is 0.246 e.